The lowest BCUT2D eigenvalue weighted by atomic mass is 9.36. The van der Waals surface area contributed by atoms with Gasteiger partial charge in [-0.1, -0.05) is 24.5 Å². The zero-order valence-electron chi connectivity index (χ0n) is 16.1. The lowest BCUT2D eigenvalue weighted by Gasteiger charge is -2.68. The van der Waals surface area contributed by atoms with Gasteiger partial charge in [-0.15, -0.1) is 0 Å². The van der Waals surface area contributed by atoms with Crippen LogP contribution in [0.2, 0.25) is 0 Å². The van der Waals surface area contributed by atoms with E-state index < -0.39 is 22.6 Å². The van der Waals surface area contributed by atoms with Gasteiger partial charge in [0.2, 0.25) is 0 Å². The number of carboxylic acid groups (broad SMARTS) is 1. The van der Waals surface area contributed by atoms with E-state index in [1.807, 2.05) is 13.2 Å². The van der Waals surface area contributed by atoms with Crippen LogP contribution in [0.25, 0.3) is 0 Å². The van der Waals surface area contributed by atoms with Gasteiger partial charge in [-0.3, -0.25) is 4.79 Å². The number of carbonyl (C=O) groups is 1. The lowest BCUT2D eigenvalue weighted by Crippen LogP contribution is -2.62. The van der Waals surface area contributed by atoms with Crippen molar-refractivity contribution in [2.24, 2.45) is 39.9 Å². The Kier molecular flexibility index (Phi) is 4.28. The minimum atomic E-state index is -0.695. The van der Waals surface area contributed by atoms with E-state index in [1.165, 1.54) is 38.5 Å². The van der Waals surface area contributed by atoms with E-state index in [0.717, 1.165) is 30.9 Å². The van der Waals surface area contributed by atoms with Gasteiger partial charge in [0.1, 0.15) is 5.75 Å². The van der Waals surface area contributed by atoms with Gasteiger partial charge in [0, 0.05) is 5.92 Å². The molecule has 0 aromatic rings. The number of hydrogen-bond acceptors (Lipinski definition) is 2. The third-order valence-electron chi connectivity index (χ3n) is 9.27. The van der Waals surface area contributed by atoms with Crippen molar-refractivity contribution in [2.75, 3.05) is 12.0 Å². The van der Waals surface area contributed by atoms with Crippen LogP contribution in [0.4, 0.5) is 0 Å². The van der Waals surface area contributed by atoms with Crippen LogP contribution >= 0.6 is 0 Å². The molecule has 0 aromatic heterocycles. The molecule has 0 aliphatic heterocycles. The van der Waals surface area contributed by atoms with E-state index in [9.17, 15) is 14.5 Å². The smallest absolute Gasteiger partial charge is 0.309 e. The average Bonchev–Trinajstić information content (AvgIpc) is 2.53. The summed E-state index contributed by atoms with van der Waals surface area (Å²) in [7, 11) is 0. The fraction of sp³-hybridized carbons (Fsp3) is 0.952. The van der Waals surface area contributed by atoms with Crippen LogP contribution in [0.5, 0.6) is 0 Å². The minimum Gasteiger partial charge on any atom is -0.617 e. The first-order chi connectivity index (χ1) is 11.7. The third kappa shape index (κ3) is 2.53. The van der Waals surface area contributed by atoms with Crippen LogP contribution in [-0.2, 0) is 16.0 Å². The van der Waals surface area contributed by atoms with Gasteiger partial charge in [-0.2, -0.15) is 0 Å². The first-order valence-corrected chi connectivity index (χ1v) is 12.0. The molecule has 0 amide bonds. The predicted octanol–water partition coefficient (Wildman–Crippen LogP) is 4.48. The summed E-state index contributed by atoms with van der Waals surface area (Å²) in [5.41, 5.74) is 0.0784. The van der Waals surface area contributed by atoms with E-state index in [2.05, 4.69) is 6.92 Å². The predicted molar refractivity (Wildman–Crippen MR) is 101 cm³/mol. The van der Waals surface area contributed by atoms with Gasteiger partial charge < -0.3 is 9.66 Å². The standard InChI is InChI=1S/C21H34O3S/c1-19-7-4-8-20(2,18(22)23)16(19)6-10-21-9-5-14(11-17(19)21)15(12-21)13-25(3)24/h14-17H,4-13H2,1-3H3,(H,22,23)/t14-,15?,16-,17-,19+,20+,21+,25?/m0/s1. The fourth-order valence-corrected chi connectivity index (χ4v) is 9.20. The normalized spacial score (nSPS) is 53.0. The molecule has 5 aliphatic rings. The molecule has 5 saturated carbocycles. The van der Waals surface area contributed by atoms with E-state index in [0.29, 0.717) is 23.2 Å². The molecule has 3 nitrogen and oxygen atoms in total. The van der Waals surface area contributed by atoms with Crippen molar-refractivity contribution in [3.8, 4) is 0 Å². The second-order valence-electron chi connectivity index (χ2n) is 10.3. The molecule has 0 aromatic carbocycles. The molecule has 25 heavy (non-hydrogen) atoms. The van der Waals surface area contributed by atoms with Gasteiger partial charge in [0.25, 0.3) is 0 Å². The van der Waals surface area contributed by atoms with Crippen LogP contribution in [-0.4, -0.2) is 27.6 Å². The first-order valence-electron chi connectivity index (χ1n) is 10.2. The second-order valence-corrected chi connectivity index (χ2v) is 11.8. The third-order valence-corrected chi connectivity index (χ3v) is 10.2. The van der Waals surface area contributed by atoms with Gasteiger partial charge in [0.15, 0.2) is 0 Å². The molecule has 4 heteroatoms. The van der Waals surface area contributed by atoms with Crippen molar-refractivity contribution >= 4 is 17.1 Å². The van der Waals surface area contributed by atoms with Crippen molar-refractivity contribution < 1.29 is 14.5 Å². The number of hydrogen-bond donors (Lipinski definition) is 1. The van der Waals surface area contributed by atoms with Crippen LogP contribution < -0.4 is 0 Å². The Hall–Kier alpha value is -0.220. The van der Waals surface area contributed by atoms with Gasteiger partial charge in [-0.05, 0) is 86.9 Å². The zero-order valence-corrected chi connectivity index (χ0v) is 16.9. The largest absolute Gasteiger partial charge is 0.617 e. The maximum Gasteiger partial charge on any atom is 0.309 e. The van der Waals surface area contributed by atoms with Crippen molar-refractivity contribution in [3.63, 3.8) is 0 Å². The van der Waals surface area contributed by atoms with E-state index in [1.54, 1.807) is 0 Å². The molecule has 1 N–H and O–H groups in total. The summed E-state index contributed by atoms with van der Waals surface area (Å²) in [5.74, 6) is 2.71. The molecule has 2 unspecified atom stereocenters. The Bertz CT molecular complexity index is 563. The Labute approximate surface area is 155 Å². The quantitative estimate of drug-likeness (QED) is 0.749. The van der Waals surface area contributed by atoms with Crippen molar-refractivity contribution in [2.45, 2.75) is 71.6 Å². The highest BCUT2D eigenvalue weighted by molar-refractivity contribution is 7.90. The van der Waals surface area contributed by atoms with E-state index in [-0.39, 0.29) is 5.41 Å². The summed E-state index contributed by atoms with van der Waals surface area (Å²) in [6.45, 7) is 4.47. The SMILES string of the molecule is C[S+]([O-])CC1C[C@]23CC[C@H]1C[C@H]2[C@]1(C)CCC[C@@](C)(C(=O)O)[C@H]1CC3. The van der Waals surface area contributed by atoms with E-state index >= 15 is 0 Å². The zero-order chi connectivity index (χ0) is 18.0. The number of fused-ring (bicyclic) bond motifs is 3. The van der Waals surface area contributed by atoms with Crippen molar-refractivity contribution in [1.82, 2.24) is 0 Å². The molecule has 5 aliphatic carbocycles. The number of aliphatic carboxylic acids is 1. The molecular weight excluding hydrogens is 332 g/mol. The van der Waals surface area contributed by atoms with Crippen LogP contribution in [0.15, 0.2) is 0 Å². The molecule has 5 fully saturated rings. The average molecular weight is 367 g/mol. The van der Waals surface area contributed by atoms with Crippen LogP contribution in [0.1, 0.15) is 71.6 Å². The molecule has 0 radical (unpaired) electrons. The monoisotopic (exact) mass is 366 g/mol. The van der Waals surface area contributed by atoms with Gasteiger partial charge in [-0.25, -0.2) is 0 Å². The maximum atomic E-state index is 12.1. The summed E-state index contributed by atoms with van der Waals surface area (Å²) < 4.78 is 11.8. The first kappa shape index (κ1) is 18.2. The number of rotatable bonds is 3. The minimum absolute atomic E-state index is 0.193. The lowest BCUT2D eigenvalue weighted by molar-refractivity contribution is -0.203. The molecule has 5 rings (SSSR count). The molecule has 8 atom stereocenters. The second kappa shape index (κ2) is 5.89. The summed E-state index contributed by atoms with van der Waals surface area (Å²) in [5, 5.41) is 9.98. The van der Waals surface area contributed by atoms with Gasteiger partial charge in [0.05, 0.1) is 11.7 Å². The van der Waals surface area contributed by atoms with Crippen LogP contribution in [0.3, 0.4) is 0 Å². The molecule has 0 heterocycles. The van der Waals surface area contributed by atoms with Crippen molar-refractivity contribution in [1.29, 1.82) is 0 Å². The maximum absolute atomic E-state index is 12.1. The summed E-state index contributed by atoms with van der Waals surface area (Å²) in [6.07, 6.45) is 12.5. The van der Waals surface area contributed by atoms with E-state index in [4.69, 9.17) is 0 Å². The van der Waals surface area contributed by atoms with Crippen LogP contribution in [0, 0.1) is 39.9 Å². The number of carboxylic acids is 1. The Morgan fingerprint density at radius 3 is 2.56 bits per heavy atom. The topological polar surface area (TPSA) is 60.4 Å². The summed E-state index contributed by atoms with van der Waals surface area (Å²) >= 11 is -0.695. The molecular formula is C21H34O3S. The molecule has 0 saturated heterocycles. The Balaban J connectivity index is 1.66. The Morgan fingerprint density at radius 2 is 1.88 bits per heavy atom. The molecule has 2 bridgehead atoms. The summed E-state index contributed by atoms with van der Waals surface area (Å²) in [4.78, 5) is 12.1. The fourth-order valence-electron chi connectivity index (χ4n) is 8.21. The Morgan fingerprint density at radius 1 is 1.16 bits per heavy atom. The van der Waals surface area contributed by atoms with Gasteiger partial charge >= 0.3 is 5.97 Å². The van der Waals surface area contributed by atoms with Crippen molar-refractivity contribution in [3.05, 3.63) is 0 Å². The summed E-state index contributed by atoms with van der Waals surface area (Å²) in [6, 6.07) is 0. The molecule has 1 spiro atoms. The highest BCUT2D eigenvalue weighted by Crippen LogP contribution is 2.72. The highest BCUT2D eigenvalue weighted by atomic mass is 32.2. The molecule has 142 valence electrons. The highest BCUT2D eigenvalue weighted by Gasteiger charge is 2.65.